The molecule has 0 radical (unpaired) electrons. The minimum absolute atomic E-state index is 0.0101. The lowest BCUT2D eigenvalue weighted by Gasteiger charge is -2.22. The van der Waals surface area contributed by atoms with Crippen LogP contribution in [0.25, 0.3) is 0 Å². The van der Waals surface area contributed by atoms with Gasteiger partial charge in [-0.05, 0) is 83.5 Å². The van der Waals surface area contributed by atoms with Crippen LogP contribution >= 0.6 is 0 Å². The Kier molecular flexibility index (Phi) is 76.8. The van der Waals surface area contributed by atoms with Crippen molar-refractivity contribution in [3.63, 3.8) is 0 Å². The molecular formula is C83H159NO5. The van der Waals surface area contributed by atoms with Crippen LogP contribution in [0.3, 0.4) is 0 Å². The van der Waals surface area contributed by atoms with Gasteiger partial charge in [0.2, 0.25) is 5.91 Å². The summed E-state index contributed by atoms with van der Waals surface area (Å²) in [5.41, 5.74) is 0. The average molecular weight is 1250 g/mol. The zero-order chi connectivity index (χ0) is 64.2. The Morgan fingerprint density at radius 1 is 0.315 bits per heavy atom. The summed E-state index contributed by atoms with van der Waals surface area (Å²) in [6, 6.07) is -0.543. The van der Waals surface area contributed by atoms with Gasteiger partial charge in [-0.3, -0.25) is 9.59 Å². The van der Waals surface area contributed by atoms with E-state index in [2.05, 4.69) is 55.6 Å². The van der Waals surface area contributed by atoms with Gasteiger partial charge in [0.15, 0.2) is 0 Å². The van der Waals surface area contributed by atoms with E-state index in [0.717, 1.165) is 51.4 Å². The standard InChI is InChI=1S/C83H159NO5/c1-3-5-7-9-11-13-15-17-19-21-23-24-25-31-34-37-40-43-47-51-55-59-63-67-71-75-81(86)80(79-85)84-82(87)76-72-68-64-60-56-52-48-44-41-38-35-32-29-27-26-28-30-33-36-39-42-46-50-54-58-62-66-70-74-78-89-83(88)77-73-69-65-61-57-53-49-45-22-20-18-16-14-12-10-8-6-4-2/h14,16,20,22,26,28,80-81,85-86H,3-13,15,17-19,21,23-25,27,29-79H2,1-2H3,(H,84,87)/b16-14-,22-20-,28-26-. The molecule has 1 amide bonds. The molecule has 0 aromatic carbocycles. The highest BCUT2D eigenvalue weighted by Gasteiger charge is 2.20. The SMILES string of the molecule is CCCCCC/C=C\C/C=C\CCCCCCCCCC(=O)OCCCCCCCCCCCCCC/C=C\CCCCCCCCCCCCCCCC(=O)NC(CO)C(O)CCCCCCCCCCCCCCCCCCCCCCCCCCC. The molecule has 0 saturated heterocycles. The third-order valence-electron chi connectivity index (χ3n) is 19.2. The molecule has 526 valence electrons. The van der Waals surface area contributed by atoms with Crippen molar-refractivity contribution in [1.82, 2.24) is 5.32 Å². The molecule has 3 N–H and O–H groups in total. The molecule has 0 rings (SSSR count). The molecule has 0 fully saturated rings. The van der Waals surface area contributed by atoms with Gasteiger partial charge < -0.3 is 20.3 Å². The second-order valence-corrected chi connectivity index (χ2v) is 28.1. The number of allylic oxidation sites excluding steroid dienone is 6. The third kappa shape index (κ3) is 75.0. The van der Waals surface area contributed by atoms with Gasteiger partial charge in [0.1, 0.15) is 0 Å². The van der Waals surface area contributed by atoms with E-state index in [4.69, 9.17) is 4.74 Å². The Bertz CT molecular complexity index is 1440. The van der Waals surface area contributed by atoms with E-state index >= 15 is 0 Å². The second-order valence-electron chi connectivity index (χ2n) is 28.1. The van der Waals surface area contributed by atoms with Crippen LogP contribution in [0.5, 0.6) is 0 Å². The summed E-state index contributed by atoms with van der Waals surface area (Å²) in [5.74, 6) is -0.0185. The molecule has 0 heterocycles. The molecule has 6 heteroatoms. The second kappa shape index (κ2) is 78.5. The first-order chi connectivity index (χ1) is 44.0. The van der Waals surface area contributed by atoms with E-state index in [9.17, 15) is 19.8 Å². The molecule has 0 saturated carbocycles. The Morgan fingerprint density at radius 2 is 0.562 bits per heavy atom. The van der Waals surface area contributed by atoms with Crippen LogP contribution in [0.15, 0.2) is 36.5 Å². The number of carbonyl (C=O) groups excluding carboxylic acids is 2. The van der Waals surface area contributed by atoms with Gasteiger partial charge in [0.25, 0.3) is 0 Å². The summed E-state index contributed by atoms with van der Waals surface area (Å²) in [6.07, 6.45) is 102. The van der Waals surface area contributed by atoms with Crippen molar-refractivity contribution in [3.05, 3.63) is 36.5 Å². The number of aliphatic hydroxyl groups excluding tert-OH is 2. The molecular weight excluding hydrogens is 1090 g/mol. The third-order valence-corrected chi connectivity index (χ3v) is 19.2. The first kappa shape index (κ1) is 87.1. The number of nitrogens with one attached hydrogen (secondary N) is 1. The molecule has 0 bridgehead atoms. The minimum atomic E-state index is -0.666. The lowest BCUT2D eigenvalue weighted by molar-refractivity contribution is -0.143. The van der Waals surface area contributed by atoms with Crippen molar-refractivity contribution in [1.29, 1.82) is 0 Å². The first-order valence-electron chi connectivity index (χ1n) is 40.7. The van der Waals surface area contributed by atoms with Crippen LogP contribution < -0.4 is 5.32 Å². The number of unbranched alkanes of at least 4 members (excludes halogenated alkanes) is 60. The van der Waals surface area contributed by atoms with Gasteiger partial charge >= 0.3 is 5.97 Å². The Hall–Kier alpha value is -1.92. The highest BCUT2D eigenvalue weighted by Crippen LogP contribution is 2.20. The highest BCUT2D eigenvalue weighted by atomic mass is 16.5. The number of ether oxygens (including phenoxy) is 1. The van der Waals surface area contributed by atoms with E-state index in [1.54, 1.807) is 0 Å². The normalized spacial score (nSPS) is 12.6. The number of aliphatic hydroxyl groups is 2. The molecule has 0 aliphatic carbocycles. The number of amides is 1. The van der Waals surface area contributed by atoms with Gasteiger partial charge in [-0.25, -0.2) is 0 Å². The van der Waals surface area contributed by atoms with Crippen LogP contribution in [-0.4, -0.2) is 47.4 Å². The lowest BCUT2D eigenvalue weighted by Crippen LogP contribution is -2.45. The van der Waals surface area contributed by atoms with Crippen molar-refractivity contribution in [2.24, 2.45) is 0 Å². The van der Waals surface area contributed by atoms with Crippen LogP contribution in [-0.2, 0) is 14.3 Å². The fourth-order valence-electron chi connectivity index (χ4n) is 13.0. The van der Waals surface area contributed by atoms with Gasteiger partial charge in [-0.15, -0.1) is 0 Å². The summed E-state index contributed by atoms with van der Waals surface area (Å²) >= 11 is 0. The number of hydrogen-bond donors (Lipinski definition) is 3. The maximum atomic E-state index is 12.6. The van der Waals surface area contributed by atoms with Gasteiger partial charge in [0, 0.05) is 12.8 Å². The summed E-state index contributed by atoms with van der Waals surface area (Å²) in [5, 5.41) is 23.5. The summed E-state index contributed by atoms with van der Waals surface area (Å²) in [4.78, 5) is 24.7. The van der Waals surface area contributed by atoms with Gasteiger partial charge in [0.05, 0.1) is 25.4 Å². The maximum absolute atomic E-state index is 12.6. The summed E-state index contributed by atoms with van der Waals surface area (Å²) in [6.45, 7) is 4.98. The first-order valence-corrected chi connectivity index (χ1v) is 40.7. The molecule has 0 aliphatic rings. The zero-order valence-corrected chi connectivity index (χ0v) is 60.4. The molecule has 89 heavy (non-hydrogen) atoms. The zero-order valence-electron chi connectivity index (χ0n) is 60.4. The van der Waals surface area contributed by atoms with E-state index < -0.39 is 12.1 Å². The Labute approximate surface area is 557 Å². The predicted octanol–water partition coefficient (Wildman–Crippen LogP) is 27.0. The Morgan fingerprint density at radius 3 is 0.876 bits per heavy atom. The monoisotopic (exact) mass is 1250 g/mol. The summed E-state index contributed by atoms with van der Waals surface area (Å²) in [7, 11) is 0. The van der Waals surface area contributed by atoms with Crippen LogP contribution in [0, 0.1) is 0 Å². The van der Waals surface area contributed by atoms with Crippen molar-refractivity contribution in [3.8, 4) is 0 Å². The van der Waals surface area contributed by atoms with Gasteiger partial charge in [-0.2, -0.15) is 0 Å². The average Bonchev–Trinajstić information content (AvgIpc) is 3.63. The largest absolute Gasteiger partial charge is 0.466 e. The van der Waals surface area contributed by atoms with Crippen LogP contribution in [0.4, 0.5) is 0 Å². The highest BCUT2D eigenvalue weighted by molar-refractivity contribution is 5.76. The number of carbonyl (C=O) groups is 2. The van der Waals surface area contributed by atoms with E-state index in [0.29, 0.717) is 25.9 Å². The molecule has 0 spiro atoms. The van der Waals surface area contributed by atoms with Crippen molar-refractivity contribution in [2.45, 2.75) is 469 Å². The molecule has 0 aromatic rings. The molecule has 2 atom stereocenters. The smallest absolute Gasteiger partial charge is 0.305 e. The molecule has 2 unspecified atom stereocenters. The number of rotatable bonds is 77. The summed E-state index contributed by atoms with van der Waals surface area (Å²) < 4.78 is 5.51. The molecule has 0 aliphatic heterocycles. The lowest BCUT2D eigenvalue weighted by atomic mass is 10.0. The topological polar surface area (TPSA) is 95.9 Å². The minimum Gasteiger partial charge on any atom is -0.466 e. The maximum Gasteiger partial charge on any atom is 0.305 e. The Balaban J connectivity index is 3.37. The fraction of sp³-hybridized carbons (Fsp3) is 0.904. The molecule has 0 aromatic heterocycles. The van der Waals surface area contributed by atoms with Crippen LogP contribution in [0.2, 0.25) is 0 Å². The number of esters is 1. The van der Waals surface area contributed by atoms with E-state index in [1.807, 2.05) is 0 Å². The van der Waals surface area contributed by atoms with Crippen molar-refractivity contribution < 1.29 is 24.5 Å². The fourth-order valence-corrected chi connectivity index (χ4v) is 13.0. The predicted molar refractivity (Wildman–Crippen MR) is 393 cm³/mol. The number of hydrogen-bond acceptors (Lipinski definition) is 5. The quantitative estimate of drug-likeness (QED) is 0.0320. The van der Waals surface area contributed by atoms with Crippen molar-refractivity contribution >= 4 is 11.9 Å². The van der Waals surface area contributed by atoms with Crippen LogP contribution in [0.1, 0.15) is 457 Å². The van der Waals surface area contributed by atoms with E-state index in [1.165, 1.54) is 372 Å². The van der Waals surface area contributed by atoms with E-state index in [-0.39, 0.29) is 18.5 Å². The van der Waals surface area contributed by atoms with Gasteiger partial charge in [-0.1, -0.05) is 397 Å². The van der Waals surface area contributed by atoms with Crippen molar-refractivity contribution in [2.75, 3.05) is 13.2 Å². The molecule has 6 nitrogen and oxygen atoms in total.